The molecule has 4 aromatic rings. The minimum absolute atomic E-state index is 0.229. The standard InChI is InChI=1S/C30H26ClNO4/c1-3-35-28-16-13-22(17-23(28)19-36-27-12-8-7-9-20(27)2)30(34)32-26-15-14-24(31)18-25(26)29(33)21-10-5-4-6-11-21/h4-18H,3,19H2,1-2H3,(H,32,34). The van der Waals surface area contributed by atoms with Crippen LogP contribution < -0.4 is 14.8 Å². The molecule has 0 aromatic heterocycles. The number of para-hydroxylation sites is 1. The van der Waals surface area contributed by atoms with Crippen LogP contribution in [0.1, 0.15) is 44.3 Å². The summed E-state index contributed by atoms with van der Waals surface area (Å²) in [6.07, 6.45) is 0. The zero-order valence-corrected chi connectivity index (χ0v) is 20.8. The molecule has 0 saturated carbocycles. The van der Waals surface area contributed by atoms with Gasteiger partial charge >= 0.3 is 0 Å². The lowest BCUT2D eigenvalue weighted by Gasteiger charge is -2.15. The summed E-state index contributed by atoms with van der Waals surface area (Å²) in [6.45, 7) is 4.60. The molecule has 0 fully saturated rings. The van der Waals surface area contributed by atoms with Gasteiger partial charge in [-0.3, -0.25) is 9.59 Å². The van der Waals surface area contributed by atoms with Crippen LogP contribution in [0.2, 0.25) is 5.02 Å². The summed E-state index contributed by atoms with van der Waals surface area (Å²) < 4.78 is 11.8. The zero-order valence-electron chi connectivity index (χ0n) is 20.1. The Labute approximate surface area is 215 Å². The number of hydrogen-bond donors (Lipinski definition) is 1. The van der Waals surface area contributed by atoms with Crippen molar-refractivity contribution in [3.8, 4) is 11.5 Å². The summed E-state index contributed by atoms with van der Waals surface area (Å²) in [5.41, 5.74) is 3.37. The number of carbonyl (C=O) groups is 2. The molecular formula is C30H26ClNO4. The summed E-state index contributed by atoms with van der Waals surface area (Å²) >= 11 is 6.17. The van der Waals surface area contributed by atoms with Gasteiger partial charge in [-0.05, 0) is 61.9 Å². The second-order valence-electron chi connectivity index (χ2n) is 8.15. The van der Waals surface area contributed by atoms with Gasteiger partial charge in [0.05, 0.1) is 12.3 Å². The summed E-state index contributed by atoms with van der Waals surface area (Å²) in [4.78, 5) is 26.3. The summed E-state index contributed by atoms with van der Waals surface area (Å²) in [5.74, 6) is 0.821. The highest BCUT2D eigenvalue weighted by Gasteiger charge is 2.18. The maximum absolute atomic E-state index is 13.2. The number of ether oxygens (including phenoxy) is 2. The molecule has 0 unspecified atom stereocenters. The van der Waals surface area contributed by atoms with Crippen LogP contribution in [0, 0.1) is 6.92 Å². The van der Waals surface area contributed by atoms with Crippen LogP contribution in [0.3, 0.4) is 0 Å². The van der Waals surface area contributed by atoms with Gasteiger partial charge in [-0.15, -0.1) is 0 Å². The van der Waals surface area contributed by atoms with Gasteiger partial charge in [0.1, 0.15) is 18.1 Å². The molecule has 0 aliphatic carbocycles. The first-order valence-corrected chi connectivity index (χ1v) is 12.0. The highest BCUT2D eigenvalue weighted by molar-refractivity contribution is 6.31. The minimum Gasteiger partial charge on any atom is -0.493 e. The highest BCUT2D eigenvalue weighted by Crippen LogP contribution is 2.27. The third kappa shape index (κ3) is 5.93. The predicted molar refractivity (Wildman–Crippen MR) is 142 cm³/mol. The topological polar surface area (TPSA) is 64.6 Å². The van der Waals surface area contributed by atoms with Crippen molar-refractivity contribution in [1.82, 2.24) is 0 Å². The van der Waals surface area contributed by atoms with Gasteiger partial charge in [-0.1, -0.05) is 60.1 Å². The normalized spacial score (nSPS) is 10.5. The fourth-order valence-corrected chi connectivity index (χ4v) is 3.93. The fraction of sp³-hybridized carbons (Fsp3) is 0.133. The van der Waals surface area contributed by atoms with Crippen molar-refractivity contribution in [2.45, 2.75) is 20.5 Å². The van der Waals surface area contributed by atoms with E-state index in [-0.39, 0.29) is 18.3 Å². The van der Waals surface area contributed by atoms with Gasteiger partial charge in [-0.25, -0.2) is 0 Å². The average Bonchev–Trinajstić information content (AvgIpc) is 2.90. The lowest BCUT2D eigenvalue weighted by molar-refractivity contribution is 0.102. The summed E-state index contributed by atoms with van der Waals surface area (Å²) in [5, 5.41) is 3.27. The lowest BCUT2D eigenvalue weighted by atomic mass is 10.0. The number of carbonyl (C=O) groups excluding carboxylic acids is 2. The van der Waals surface area contributed by atoms with E-state index in [2.05, 4.69) is 5.32 Å². The SMILES string of the molecule is CCOc1ccc(C(=O)Nc2ccc(Cl)cc2C(=O)c2ccccc2)cc1COc1ccccc1C. The molecule has 0 aliphatic rings. The Balaban J connectivity index is 1.59. The van der Waals surface area contributed by atoms with Crippen LogP contribution in [0.15, 0.2) is 91.0 Å². The highest BCUT2D eigenvalue weighted by atomic mass is 35.5. The van der Waals surface area contributed by atoms with E-state index in [4.69, 9.17) is 21.1 Å². The molecular weight excluding hydrogens is 474 g/mol. The van der Waals surface area contributed by atoms with Crippen molar-refractivity contribution < 1.29 is 19.1 Å². The molecule has 0 atom stereocenters. The van der Waals surface area contributed by atoms with Gasteiger partial charge in [0.25, 0.3) is 5.91 Å². The van der Waals surface area contributed by atoms with Crippen molar-refractivity contribution >= 4 is 29.0 Å². The number of benzene rings is 4. The molecule has 0 bridgehead atoms. The van der Waals surface area contributed by atoms with E-state index in [1.54, 1.807) is 60.7 Å². The van der Waals surface area contributed by atoms with Crippen LogP contribution in [-0.4, -0.2) is 18.3 Å². The molecule has 0 saturated heterocycles. The van der Waals surface area contributed by atoms with Crippen molar-refractivity contribution in [2.24, 2.45) is 0 Å². The molecule has 1 amide bonds. The van der Waals surface area contributed by atoms with Crippen molar-refractivity contribution in [1.29, 1.82) is 0 Å². The Hall–Kier alpha value is -4.09. The minimum atomic E-state index is -0.361. The van der Waals surface area contributed by atoms with E-state index in [0.29, 0.717) is 39.8 Å². The number of aryl methyl sites for hydroxylation is 1. The third-order valence-corrected chi connectivity index (χ3v) is 5.84. The summed E-state index contributed by atoms with van der Waals surface area (Å²) in [7, 11) is 0. The third-order valence-electron chi connectivity index (χ3n) is 5.61. The fourth-order valence-electron chi connectivity index (χ4n) is 3.76. The van der Waals surface area contributed by atoms with E-state index in [1.807, 2.05) is 44.2 Å². The number of rotatable bonds is 9. The van der Waals surface area contributed by atoms with E-state index in [1.165, 1.54) is 0 Å². The molecule has 0 spiro atoms. The number of anilines is 1. The van der Waals surface area contributed by atoms with Crippen molar-refractivity contribution in [3.05, 3.63) is 124 Å². The largest absolute Gasteiger partial charge is 0.493 e. The first-order valence-electron chi connectivity index (χ1n) is 11.6. The maximum Gasteiger partial charge on any atom is 0.255 e. The Morgan fingerprint density at radius 2 is 1.56 bits per heavy atom. The molecule has 0 aliphatic heterocycles. The van der Waals surface area contributed by atoms with Gasteiger partial charge in [-0.2, -0.15) is 0 Å². The van der Waals surface area contributed by atoms with Crippen LogP contribution >= 0.6 is 11.6 Å². The number of ketones is 1. The van der Waals surface area contributed by atoms with Crippen molar-refractivity contribution in [2.75, 3.05) is 11.9 Å². The maximum atomic E-state index is 13.2. The Morgan fingerprint density at radius 1 is 0.806 bits per heavy atom. The number of amides is 1. The summed E-state index contributed by atoms with van der Waals surface area (Å²) in [6, 6.07) is 26.6. The molecule has 4 rings (SSSR count). The van der Waals surface area contributed by atoms with E-state index >= 15 is 0 Å². The smallest absolute Gasteiger partial charge is 0.255 e. The van der Waals surface area contributed by atoms with Crippen LogP contribution in [-0.2, 0) is 6.61 Å². The molecule has 182 valence electrons. The van der Waals surface area contributed by atoms with Gasteiger partial charge < -0.3 is 14.8 Å². The van der Waals surface area contributed by atoms with Crippen LogP contribution in [0.25, 0.3) is 0 Å². The monoisotopic (exact) mass is 499 g/mol. The molecule has 6 heteroatoms. The van der Waals surface area contributed by atoms with Gasteiger partial charge in [0, 0.05) is 27.3 Å². The predicted octanol–water partition coefficient (Wildman–Crippen LogP) is 7.11. The van der Waals surface area contributed by atoms with E-state index in [0.717, 1.165) is 16.9 Å². The van der Waals surface area contributed by atoms with Gasteiger partial charge in [0.15, 0.2) is 5.78 Å². The average molecular weight is 500 g/mol. The Morgan fingerprint density at radius 3 is 2.31 bits per heavy atom. The number of hydrogen-bond acceptors (Lipinski definition) is 4. The quantitative estimate of drug-likeness (QED) is 0.249. The van der Waals surface area contributed by atoms with E-state index in [9.17, 15) is 9.59 Å². The van der Waals surface area contributed by atoms with Crippen LogP contribution in [0.4, 0.5) is 5.69 Å². The molecule has 5 nitrogen and oxygen atoms in total. The first kappa shape index (κ1) is 25.0. The van der Waals surface area contributed by atoms with E-state index < -0.39 is 0 Å². The first-order chi connectivity index (χ1) is 17.5. The molecule has 36 heavy (non-hydrogen) atoms. The number of halogens is 1. The molecule has 0 radical (unpaired) electrons. The Kier molecular flexibility index (Phi) is 8.03. The number of nitrogens with one attached hydrogen (secondary N) is 1. The molecule has 1 N–H and O–H groups in total. The zero-order chi connectivity index (χ0) is 25.5. The van der Waals surface area contributed by atoms with Crippen LogP contribution in [0.5, 0.6) is 11.5 Å². The lowest BCUT2D eigenvalue weighted by Crippen LogP contribution is -2.16. The Bertz CT molecular complexity index is 1390. The van der Waals surface area contributed by atoms with Gasteiger partial charge in [0.2, 0.25) is 0 Å². The second-order valence-corrected chi connectivity index (χ2v) is 8.59. The molecule has 0 heterocycles. The van der Waals surface area contributed by atoms with Crippen molar-refractivity contribution in [3.63, 3.8) is 0 Å². The molecule has 4 aromatic carbocycles. The second kappa shape index (κ2) is 11.6.